The van der Waals surface area contributed by atoms with Gasteiger partial charge in [-0.05, 0) is 38.5 Å². The fourth-order valence-corrected chi connectivity index (χ4v) is 2.69. The predicted molar refractivity (Wildman–Crippen MR) is 107 cm³/mol. The molecule has 150 valence electrons. The molecule has 0 aliphatic rings. The molecule has 1 atom stereocenters. The summed E-state index contributed by atoms with van der Waals surface area (Å²) in [6.07, 6.45) is -0.536. The lowest BCUT2D eigenvalue weighted by molar-refractivity contribution is 0.0241. The van der Waals surface area contributed by atoms with Crippen LogP contribution in [0.25, 0.3) is 11.4 Å². The third-order valence-corrected chi connectivity index (χ3v) is 4.05. The number of carbonyl (C=O) groups excluding carboxylic acids is 1. The van der Waals surface area contributed by atoms with Gasteiger partial charge >= 0.3 is 6.09 Å². The average Bonchev–Trinajstić information content (AvgIpc) is 2.69. The Balaban J connectivity index is 1.96. The van der Waals surface area contributed by atoms with Gasteiger partial charge in [0, 0.05) is 12.6 Å². The fourth-order valence-electron chi connectivity index (χ4n) is 2.69. The lowest BCUT2D eigenvalue weighted by Crippen LogP contribution is -2.38. The lowest BCUT2D eigenvalue weighted by Gasteiger charge is -2.29. The van der Waals surface area contributed by atoms with Crippen molar-refractivity contribution in [2.24, 2.45) is 0 Å². The van der Waals surface area contributed by atoms with Gasteiger partial charge in [0.05, 0.1) is 0 Å². The Kier molecular flexibility index (Phi) is 5.72. The van der Waals surface area contributed by atoms with Gasteiger partial charge in [0.1, 0.15) is 17.4 Å². The van der Waals surface area contributed by atoms with E-state index in [0.29, 0.717) is 11.4 Å². The Morgan fingerprint density at radius 1 is 0.966 bits per heavy atom. The Morgan fingerprint density at radius 3 is 2.10 bits per heavy atom. The molecule has 1 aromatic heterocycles. The summed E-state index contributed by atoms with van der Waals surface area (Å²) in [6, 6.07) is 15.1. The van der Waals surface area contributed by atoms with Crippen LogP contribution < -0.4 is 0 Å². The third-order valence-electron chi connectivity index (χ3n) is 4.05. The maximum absolute atomic E-state index is 12.7. The number of rotatable bonds is 4. The Bertz CT molecular complexity index is 954. The summed E-state index contributed by atoms with van der Waals surface area (Å²) in [4.78, 5) is 14.0. The minimum atomic E-state index is -0.685. The molecule has 0 fully saturated rings. The highest BCUT2D eigenvalue weighted by molar-refractivity contribution is 5.69. The van der Waals surface area contributed by atoms with Gasteiger partial charge in [0.2, 0.25) is 11.6 Å². The number of amides is 1. The van der Waals surface area contributed by atoms with Gasteiger partial charge in [-0.3, -0.25) is 4.90 Å². The zero-order chi connectivity index (χ0) is 21.0. The molecule has 2 aromatic carbocycles. The zero-order valence-corrected chi connectivity index (χ0v) is 16.8. The van der Waals surface area contributed by atoms with E-state index in [2.05, 4.69) is 20.4 Å². The molecule has 0 saturated heterocycles. The van der Waals surface area contributed by atoms with Crippen molar-refractivity contribution in [1.82, 2.24) is 25.3 Å². The van der Waals surface area contributed by atoms with Crippen LogP contribution in [0.15, 0.2) is 54.6 Å². The van der Waals surface area contributed by atoms with E-state index in [9.17, 15) is 9.90 Å². The molecule has 29 heavy (non-hydrogen) atoms. The Morgan fingerprint density at radius 2 is 1.55 bits per heavy atom. The molecule has 8 nitrogen and oxygen atoms in total. The van der Waals surface area contributed by atoms with E-state index in [1.165, 1.54) is 17.0 Å². The highest BCUT2D eigenvalue weighted by Crippen LogP contribution is 2.28. The van der Waals surface area contributed by atoms with Crippen LogP contribution >= 0.6 is 0 Å². The van der Waals surface area contributed by atoms with Crippen LogP contribution in [0.1, 0.15) is 38.2 Å². The van der Waals surface area contributed by atoms with Crippen LogP contribution in [0, 0.1) is 0 Å². The molecule has 0 radical (unpaired) electrons. The van der Waals surface area contributed by atoms with Crippen molar-refractivity contribution in [2.75, 3.05) is 7.05 Å². The molecule has 8 heteroatoms. The molecule has 0 aliphatic heterocycles. The van der Waals surface area contributed by atoms with Crippen molar-refractivity contribution in [3.8, 4) is 17.1 Å². The van der Waals surface area contributed by atoms with E-state index in [0.717, 1.165) is 5.56 Å². The van der Waals surface area contributed by atoms with E-state index in [-0.39, 0.29) is 11.6 Å². The Hall–Kier alpha value is -3.55. The maximum Gasteiger partial charge on any atom is 0.410 e. The van der Waals surface area contributed by atoms with E-state index in [4.69, 9.17) is 4.74 Å². The highest BCUT2D eigenvalue weighted by atomic mass is 16.6. The first-order chi connectivity index (χ1) is 13.7. The molecule has 0 spiro atoms. The first-order valence-corrected chi connectivity index (χ1v) is 9.12. The smallest absolute Gasteiger partial charge is 0.410 e. The van der Waals surface area contributed by atoms with Gasteiger partial charge in [0.15, 0.2) is 0 Å². The van der Waals surface area contributed by atoms with Crippen LogP contribution in [0.5, 0.6) is 5.75 Å². The molecular weight excluding hydrogens is 370 g/mol. The minimum Gasteiger partial charge on any atom is -0.508 e. The minimum absolute atomic E-state index is 0.115. The SMILES string of the molecule is CN(C(=O)OC(C)(C)C)C(c1ccc(O)cc1)c1nnc(-c2ccccc2)nn1. The topological polar surface area (TPSA) is 101 Å². The first-order valence-electron chi connectivity index (χ1n) is 9.12. The van der Waals surface area contributed by atoms with Crippen molar-refractivity contribution in [1.29, 1.82) is 0 Å². The summed E-state index contributed by atoms with van der Waals surface area (Å²) in [6.45, 7) is 5.38. The van der Waals surface area contributed by atoms with Crippen molar-refractivity contribution in [2.45, 2.75) is 32.4 Å². The molecule has 0 saturated carbocycles. The van der Waals surface area contributed by atoms with Crippen molar-refractivity contribution < 1.29 is 14.6 Å². The molecular formula is C21H23N5O3. The van der Waals surface area contributed by atoms with E-state index in [1.54, 1.807) is 40.0 Å². The summed E-state index contributed by atoms with van der Waals surface area (Å²) < 4.78 is 5.48. The Labute approximate surface area is 169 Å². The quantitative estimate of drug-likeness (QED) is 0.722. The van der Waals surface area contributed by atoms with E-state index >= 15 is 0 Å². The third kappa shape index (κ3) is 5.04. The van der Waals surface area contributed by atoms with Crippen molar-refractivity contribution in [3.05, 3.63) is 66.0 Å². The van der Waals surface area contributed by atoms with Gasteiger partial charge in [-0.25, -0.2) is 4.79 Å². The number of nitrogens with zero attached hydrogens (tertiary/aromatic N) is 5. The standard InChI is InChI=1S/C21H23N5O3/c1-21(2,3)29-20(28)26(4)17(14-10-12-16(27)13-11-14)19-24-22-18(23-25-19)15-8-6-5-7-9-15/h5-13,17,27H,1-4H3. The zero-order valence-electron chi connectivity index (χ0n) is 16.8. The molecule has 0 aliphatic carbocycles. The number of ether oxygens (including phenoxy) is 1. The second kappa shape index (κ2) is 8.22. The van der Waals surface area contributed by atoms with Crippen LogP contribution in [0.3, 0.4) is 0 Å². The normalized spacial score (nSPS) is 12.3. The van der Waals surface area contributed by atoms with Crippen LogP contribution in [0.2, 0.25) is 0 Å². The predicted octanol–water partition coefficient (Wildman–Crippen LogP) is 3.60. The number of phenolic OH excluding ortho intramolecular Hbond substituents is 1. The monoisotopic (exact) mass is 393 g/mol. The molecule has 1 heterocycles. The molecule has 1 amide bonds. The summed E-state index contributed by atoms with van der Waals surface area (Å²) in [5.74, 6) is 0.742. The first kappa shape index (κ1) is 20.2. The van der Waals surface area contributed by atoms with Crippen molar-refractivity contribution >= 4 is 6.09 Å². The lowest BCUT2D eigenvalue weighted by atomic mass is 10.1. The number of aromatic hydroxyl groups is 1. The van der Waals surface area contributed by atoms with Gasteiger partial charge < -0.3 is 9.84 Å². The maximum atomic E-state index is 12.7. The molecule has 1 unspecified atom stereocenters. The fraction of sp³-hybridized carbons (Fsp3) is 0.286. The van der Waals surface area contributed by atoms with Gasteiger partial charge in [-0.2, -0.15) is 0 Å². The second-order valence-electron chi connectivity index (χ2n) is 7.53. The van der Waals surface area contributed by atoms with Crippen LogP contribution in [0.4, 0.5) is 4.79 Å². The number of phenols is 1. The highest BCUT2D eigenvalue weighted by Gasteiger charge is 2.30. The number of hydrogen-bond donors (Lipinski definition) is 1. The molecule has 0 bridgehead atoms. The van der Waals surface area contributed by atoms with Crippen molar-refractivity contribution in [3.63, 3.8) is 0 Å². The van der Waals surface area contributed by atoms with Crippen LogP contribution in [-0.2, 0) is 4.74 Å². The van der Waals surface area contributed by atoms with E-state index < -0.39 is 17.7 Å². The number of benzene rings is 2. The molecule has 3 rings (SSSR count). The van der Waals surface area contributed by atoms with Gasteiger partial charge in [0.25, 0.3) is 0 Å². The number of hydrogen-bond acceptors (Lipinski definition) is 7. The average molecular weight is 393 g/mol. The molecule has 1 N–H and O–H groups in total. The van der Waals surface area contributed by atoms with Gasteiger partial charge in [-0.1, -0.05) is 42.5 Å². The van der Waals surface area contributed by atoms with Crippen LogP contribution in [-0.4, -0.2) is 49.1 Å². The number of carbonyl (C=O) groups is 1. The summed E-state index contributed by atoms with van der Waals surface area (Å²) >= 11 is 0. The summed E-state index contributed by atoms with van der Waals surface area (Å²) in [5, 5.41) is 26.4. The second-order valence-corrected chi connectivity index (χ2v) is 7.53. The van der Waals surface area contributed by atoms with Gasteiger partial charge in [-0.15, -0.1) is 20.4 Å². The summed E-state index contributed by atoms with van der Waals surface area (Å²) in [7, 11) is 1.60. The molecule has 3 aromatic rings. The largest absolute Gasteiger partial charge is 0.508 e. The van der Waals surface area contributed by atoms with E-state index in [1.807, 2.05) is 30.3 Å². The number of aromatic nitrogens is 4. The summed E-state index contributed by atoms with van der Waals surface area (Å²) in [5.41, 5.74) is 0.826.